The van der Waals surface area contributed by atoms with Crippen molar-refractivity contribution in [3.63, 3.8) is 0 Å². The van der Waals surface area contributed by atoms with E-state index in [1.165, 1.54) is 0 Å². The van der Waals surface area contributed by atoms with E-state index in [0.29, 0.717) is 18.4 Å². The number of aryl methyl sites for hydroxylation is 1. The lowest BCUT2D eigenvalue weighted by molar-refractivity contribution is -0.123. The molecule has 1 aromatic heterocycles. The molecule has 0 bridgehead atoms. The fourth-order valence-electron chi connectivity index (χ4n) is 2.73. The van der Waals surface area contributed by atoms with Gasteiger partial charge in [0.1, 0.15) is 0 Å². The van der Waals surface area contributed by atoms with Crippen LogP contribution in [0.5, 0.6) is 0 Å². The molecule has 3 atom stereocenters. The van der Waals surface area contributed by atoms with Gasteiger partial charge in [0.15, 0.2) is 0 Å². The maximum absolute atomic E-state index is 11.5. The van der Waals surface area contributed by atoms with Crippen LogP contribution in [0.25, 0.3) is 0 Å². The van der Waals surface area contributed by atoms with Gasteiger partial charge in [0.25, 0.3) is 0 Å². The van der Waals surface area contributed by atoms with Crippen molar-refractivity contribution in [2.24, 2.45) is 11.8 Å². The second kappa shape index (κ2) is 7.62. The third kappa shape index (κ3) is 5.08. The van der Waals surface area contributed by atoms with Crippen LogP contribution in [0.15, 0.2) is 6.07 Å². The molecule has 1 saturated carbocycles. The van der Waals surface area contributed by atoms with E-state index in [1.54, 1.807) is 4.90 Å². The summed E-state index contributed by atoms with van der Waals surface area (Å²) < 4.78 is 0. The molecule has 2 fully saturated rings. The topological polar surface area (TPSA) is 78.1 Å². The van der Waals surface area contributed by atoms with Gasteiger partial charge in [-0.15, -0.1) is 0 Å². The number of nitrogens with one attached hydrogen (secondary N) is 2. The van der Waals surface area contributed by atoms with Gasteiger partial charge in [-0.3, -0.25) is 14.7 Å². The van der Waals surface area contributed by atoms with Crippen LogP contribution in [0.3, 0.4) is 0 Å². The van der Waals surface area contributed by atoms with Crippen molar-refractivity contribution in [3.8, 4) is 0 Å². The normalized spacial score (nSPS) is 25.8. The van der Waals surface area contributed by atoms with Crippen LogP contribution in [-0.4, -0.2) is 46.5 Å². The number of carbonyl (C=O) groups excluding carboxylic acids is 2. The lowest BCUT2D eigenvalue weighted by atomic mass is 10.1. The lowest BCUT2D eigenvalue weighted by Crippen LogP contribution is -2.38. The van der Waals surface area contributed by atoms with Crippen LogP contribution in [0.2, 0.25) is 0 Å². The number of carbonyl (C=O) groups is 2. The van der Waals surface area contributed by atoms with E-state index in [-0.39, 0.29) is 17.9 Å². The Morgan fingerprint density at radius 2 is 2.22 bits per heavy atom. The molecule has 128 valence electrons. The summed E-state index contributed by atoms with van der Waals surface area (Å²) in [6.07, 6.45) is 2.77. The van der Waals surface area contributed by atoms with Gasteiger partial charge in [-0.1, -0.05) is 20.8 Å². The summed E-state index contributed by atoms with van der Waals surface area (Å²) in [5, 5.41) is 9.99. The summed E-state index contributed by atoms with van der Waals surface area (Å²) in [5.41, 5.74) is 2.28. The molecule has 0 spiro atoms. The first kappa shape index (κ1) is 17.5. The van der Waals surface area contributed by atoms with Gasteiger partial charge in [-0.05, 0) is 37.7 Å². The Balaban J connectivity index is 0.000000185. The molecule has 3 unspecified atom stereocenters. The highest BCUT2D eigenvalue weighted by Crippen LogP contribution is 2.37. The lowest BCUT2D eigenvalue weighted by Gasteiger charge is -2.12. The maximum atomic E-state index is 11.5. The summed E-state index contributed by atoms with van der Waals surface area (Å²) in [6, 6.07) is 2.26. The predicted molar refractivity (Wildman–Crippen MR) is 88.9 cm³/mol. The van der Waals surface area contributed by atoms with Crippen molar-refractivity contribution in [2.75, 3.05) is 13.1 Å². The molecule has 6 nitrogen and oxygen atoms in total. The number of nitrogens with zero attached hydrogens (tertiary/aromatic N) is 2. The predicted octanol–water partition coefficient (Wildman–Crippen LogP) is 1.83. The summed E-state index contributed by atoms with van der Waals surface area (Å²) in [6.45, 7) is 9.83. The van der Waals surface area contributed by atoms with Crippen molar-refractivity contribution >= 4 is 12.3 Å². The van der Waals surface area contributed by atoms with E-state index in [9.17, 15) is 9.59 Å². The highest BCUT2D eigenvalue weighted by atomic mass is 16.2. The van der Waals surface area contributed by atoms with E-state index in [2.05, 4.69) is 42.4 Å². The molecular formula is C17H28N4O2. The molecule has 2 amide bonds. The van der Waals surface area contributed by atoms with Gasteiger partial charge in [-0.25, -0.2) is 0 Å². The Labute approximate surface area is 138 Å². The number of hydrogen-bond acceptors (Lipinski definition) is 3. The molecule has 1 aliphatic carbocycles. The quantitative estimate of drug-likeness (QED) is 0.831. The SMILES string of the molecule is CC1CC1C(=O)NC1CCN(C=O)C1.Cc1cc(C(C)C)n[nH]1. The third-order valence-electron chi connectivity index (χ3n) is 4.48. The molecule has 6 heteroatoms. The standard InChI is InChI=1S/C10H16N2O2.C7H12N2/c1-7-4-9(7)10(14)11-8-2-3-12(5-8)6-13;1-5(2)7-4-6(3)8-9-7/h6-9H,2-5H2,1H3,(H,11,14);4-5H,1-3H3,(H,8,9). The Bertz CT molecular complexity index is 540. The van der Waals surface area contributed by atoms with Crippen molar-refractivity contribution in [1.29, 1.82) is 0 Å². The second-order valence-corrected chi connectivity index (χ2v) is 7.04. The number of aromatic nitrogens is 2. The Morgan fingerprint density at radius 3 is 2.61 bits per heavy atom. The molecule has 1 saturated heterocycles. The van der Waals surface area contributed by atoms with Gasteiger partial charge >= 0.3 is 0 Å². The number of likely N-dealkylation sites (tertiary alicyclic amines) is 1. The van der Waals surface area contributed by atoms with Gasteiger partial charge in [0.05, 0.1) is 5.69 Å². The van der Waals surface area contributed by atoms with Crippen LogP contribution in [0.1, 0.15) is 50.9 Å². The van der Waals surface area contributed by atoms with Crippen molar-refractivity contribution in [2.45, 2.75) is 52.5 Å². The van der Waals surface area contributed by atoms with Crippen molar-refractivity contribution < 1.29 is 9.59 Å². The minimum absolute atomic E-state index is 0.176. The molecule has 1 aliphatic heterocycles. The highest BCUT2D eigenvalue weighted by molar-refractivity contribution is 5.81. The molecule has 0 radical (unpaired) electrons. The zero-order chi connectivity index (χ0) is 17.0. The molecule has 23 heavy (non-hydrogen) atoms. The molecular weight excluding hydrogens is 292 g/mol. The monoisotopic (exact) mass is 320 g/mol. The van der Waals surface area contributed by atoms with E-state index in [1.807, 2.05) is 6.92 Å². The highest BCUT2D eigenvalue weighted by Gasteiger charge is 2.40. The average Bonchev–Trinajstić information content (AvgIpc) is 2.91. The Morgan fingerprint density at radius 1 is 1.52 bits per heavy atom. The number of amides is 2. The van der Waals surface area contributed by atoms with Crippen molar-refractivity contribution in [3.05, 3.63) is 17.5 Å². The first-order chi connectivity index (χ1) is 10.9. The summed E-state index contributed by atoms with van der Waals surface area (Å²) in [5.74, 6) is 1.50. The van der Waals surface area contributed by atoms with Crippen molar-refractivity contribution in [1.82, 2.24) is 20.4 Å². The summed E-state index contributed by atoms with van der Waals surface area (Å²) in [7, 11) is 0. The first-order valence-electron chi connectivity index (χ1n) is 8.42. The van der Waals surface area contributed by atoms with Crippen LogP contribution < -0.4 is 5.32 Å². The molecule has 0 aromatic carbocycles. The van der Waals surface area contributed by atoms with Gasteiger partial charge in [-0.2, -0.15) is 5.10 Å². The minimum atomic E-state index is 0.176. The zero-order valence-electron chi connectivity index (χ0n) is 14.5. The third-order valence-corrected chi connectivity index (χ3v) is 4.48. The van der Waals surface area contributed by atoms with E-state index >= 15 is 0 Å². The summed E-state index contributed by atoms with van der Waals surface area (Å²) in [4.78, 5) is 23.7. The van der Waals surface area contributed by atoms with Gasteiger partial charge < -0.3 is 10.2 Å². The smallest absolute Gasteiger partial charge is 0.223 e. The average molecular weight is 320 g/mol. The Kier molecular flexibility index (Phi) is 5.80. The number of H-pyrrole nitrogens is 1. The van der Waals surface area contributed by atoms with Crippen LogP contribution in [0.4, 0.5) is 0 Å². The molecule has 2 heterocycles. The van der Waals surface area contributed by atoms with E-state index in [0.717, 1.165) is 37.2 Å². The van der Waals surface area contributed by atoms with Gasteiger partial charge in [0.2, 0.25) is 12.3 Å². The number of aromatic amines is 1. The fourth-order valence-corrected chi connectivity index (χ4v) is 2.73. The Hall–Kier alpha value is -1.85. The van der Waals surface area contributed by atoms with Crippen LogP contribution >= 0.6 is 0 Å². The van der Waals surface area contributed by atoms with Crippen LogP contribution in [-0.2, 0) is 9.59 Å². The second-order valence-electron chi connectivity index (χ2n) is 7.04. The molecule has 1 aromatic rings. The minimum Gasteiger partial charge on any atom is -0.351 e. The van der Waals surface area contributed by atoms with Gasteiger partial charge in [0, 0.05) is 30.7 Å². The van der Waals surface area contributed by atoms with Crippen LogP contribution in [0, 0.1) is 18.8 Å². The molecule has 3 rings (SSSR count). The molecule has 2 aliphatic rings. The summed E-state index contributed by atoms with van der Waals surface area (Å²) >= 11 is 0. The largest absolute Gasteiger partial charge is 0.351 e. The maximum Gasteiger partial charge on any atom is 0.223 e. The number of rotatable bonds is 4. The zero-order valence-corrected chi connectivity index (χ0v) is 14.5. The first-order valence-corrected chi connectivity index (χ1v) is 8.42. The molecule has 2 N–H and O–H groups in total. The van der Waals surface area contributed by atoms with E-state index in [4.69, 9.17) is 0 Å². The number of hydrogen-bond donors (Lipinski definition) is 2. The fraction of sp³-hybridized carbons (Fsp3) is 0.706. The van der Waals surface area contributed by atoms with E-state index < -0.39 is 0 Å².